The van der Waals surface area contributed by atoms with Crippen molar-refractivity contribution in [3.05, 3.63) is 0 Å². The van der Waals surface area contributed by atoms with Crippen LogP contribution in [0.3, 0.4) is 0 Å². The van der Waals surface area contributed by atoms with Crippen LogP contribution < -0.4 is 0 Å². The van der Waals surface area contributed by atoms with Crippen molar-refractivity contribution in [3.8, 4) is 0 Å². The van der Waals surface area contributed by atoms with Crippen LogP contribution in [0.1, 0.15) is 6.92 Å². The Bertz CT molecular complexity index is 19.4. The van der Waals surface area contributed by atoms with E-state index in [-0.39, 0.29) is 80.8 Å². The minimum Gasteiger partial charge on any atom is -0.412 e. The van der Waals surface area contributed by atoms with E-state index >= 15 is 0 Å². The molecule has 0 atom stereocenters. The van der Waals surface area contributed by atoms with E-state index in [0.717, 1.165) is 0 Å². The Hall–Kier alpha value is 0.794. The standard InChI is InChI=1S/C2H6O.2ClH.Ni.6H2O/c1-2-3;;;;;;;;;/h3H,2H2,1H3;2*1H;;6*1H2. The van der Waals surface area contributed by atoms with Crippen LogP contribution in [0, 0.1) is 0 Å². The summed E-state index contributed by atoms with van der Waals surface area (Å²) in [5, 5.41) is 7.57. The van der Waals surface area contributed by atoms with Gasteiger partial charge in [0, 0.05) is 23.1 Å². The van der Waals surface area contributed by atoms with Crippen LogP contribution in [0.2, 0.25) is 0 Å². The van der Waals surface area contributed by atoms with Crippen molar-refractivity contribution >= 4 is 24.8 Å². The zero-order valence-corrected chi connectivity index (χ0v) is 8.91. The molecule has 0 aromatic carbocycles. The van der Waals surface area contributed by atoms with E-state index in [9.17, 15) is 0 Å². The smallest absolute Gasteiger partial charge is 0.0402 e. The zero-order chi connectivity index (χ0) is 2.71. The summed E-state index contributed by atoms with van der Waals surface area (Å²) in [4.78, 5) is 0. The molecule has 0 aliphatic carbocycles. The monoisotopic (exact) mass is 284 g/mol. The van der Waals surface area contributed by atoms with Crippen molar-refractivity contribution in [2.24, 2.45) is 0 Å². The predicted octanol–water partition coefficient (Wildman–Crippen LogP) is -4.11. The topological polar surface area (TPSA) is 209 Å². The van der Waals surface area contributed by atoms with Crippen LogP contribution in [-0.2, 0) is 16.5 Å². The number of aliphatic hydroxyl groups is 1. The molecule has 0 fully saturated rings. The minimum atomic E-state index is 0. The van der Waals surface area contributed by atoms with Gasteiger partial charge in [0.2, 0.25) is 0 Å². The molecule has 0 heterocycles. The summed E-state index contributed by atoms with van der Waals surface area (Å²) in [6, 6.07) is 0. The molecule has 0 spiro atoms. The molecule has 0 amide bonds. The number of halogens is 2. The molecule has 0 aliphatic heterocycles. The van der Waals surface area contributed by atoms with Gasteiger partial charge < -0.3 is 38.0 Å². The van der Waals surface area contributed by atoms with Gasteiger partial charge >= 0.3 is 0 Å². The second-order valence-electron chi connectivity index (χ2n) is 0.316. The van der Waals surface area contributed by atoms with Crippen molar-refractivity contribution in [2.45, 2.75) is 6.92 Å². The van der Waals surface area contributed by atoms with E-state index in [0.29, 0.717) is 0 Å². The molecule has 13 N–H and O–H groups in total. The summed E-state index contributed by atoms with van der Waals surface area (Å²) in [7, 11) is 0. The van der Waals surface area contributed by atoms with Crippen LogP contribution in [0.4, 0.5) is 0 Å². The van der Waals surface area contributed by atoms with Crippen LogP contribution in [-0.4, -0.2) is 44.6 Å². The molecule has 0 aromatic rings. The van der Waals surface area contributed by atoms with Gasteiger partial charge in [0.25, 0.3) is 0 Å². The van der Waals surface area contributed by atoms with E-state index in [1.165, 1.54) is 0 Å². The van der Waals surface area contributed by atoms with Gasteiger partial charge in [-0.05, 0) is 6.92 Å². The summed E-state index contributed by atoms with van der Waals surface area (Å²) < 4.78 is 0. The average molecular weight is 286 g/mol. The van der Waals surface area contributed by atoms with Crippen molar-refractivity contribution in [1.29, 1.82) is 0 Å². The van der Waals surface area contributed by atoms with Crippen molar-refractivity contribution < 1.29 is 54.5 Å². The van der Waals surface area contributed by atoms with Crippen molar-refractivity contribution in [1.82, 2.24) is 0 Å². The first-order chi connectivity index (χ1) is 1.41. The second-order valence-corrected chi connectivity index (χ2v) is 0.316. The van der Waals surface area contributed by atoms with Gasteiger partial charge in [-0.2, -0.15) is 0 Å². The van der Waals surface area contributed by atoms with Gasteiger partial charge in [0.05, 0.1) is 0 Å². The molecule has 12 heavy (non-hydrogen) atoms. The quantitative estimate of drug-likeness (QED) is 0.432. The molecule has 0 aliphatic rings. The molecule has 10 heteroatoms. The van der Waals surface area contributed by atoms with E-state index in [1.807, 2.05) is 0 Å². The maximum Gasteiger partial charge on any atom is 0.0402 e. The summed E-state index contributed by atoms with van der Waals surface area (Å²) >= 11 is 0. The first-order valence-electron chi connectivity index (χ1n) is 1.02. The number of hydrogen-bond donors (Lipinski definition) is 1. The third-order valence-corrected chi connectivity index (χ3v) is 0. The molecular formula is C2H20Cl2NiO7. The number of rotatable bonds is 0. The largest absolute Gasteiger partial charge is 0.412 e. The van der Waals surface area contributed by atoms with Crippen LogP contribution in [0.15, 0.2) is 0 Å². The van der Waals surface area contributed by atoms with Gasteiger partial charge in [-0.15, -0.1) is 24.8 Å². The summed E-state index contributed by atoms with van der Waals surface area (Å²) in [5.41, 5.74) is 0. The summed E-state index contributed by atoms with van der Waals surface area (Å²) in [6.07, 6.45) is 0. The zero-order valence-electron chi connectivity index (χ0n) is 6.29. The van der Waals surface area contributed by atoms with Crippen molar-refractivity contribution in [3.63, 3.8) is 0 Å². The summed E-state index contributed by atoms with van der Waals surface area (Å²) in [5.74, 6) is 0. The van der Waals surface area contributed by atoms with Crippen molar-refractivity contribution in [2.75, 3.05) is 6.61 Å². The first-order valence-corrected chi connectivity index (χ1v) is 1.02. The Morgan fingerprint density at radius 3 is 0.750 bits per heavy atom. The number of aliphatic hydroxyl groups excluding tert-OH is 1. The van der Waals surface area contributed by atoms with E-state index < -0.39 is 0 Å². The SMILES string of the molecule is CCO.Cl.Cl.O.O.O.O.O.O.[Ni]. The van der Waals surface area contributed by atoms with Crippen LogP contribution in [0.5, 0.6) is 0 Å². The Balaban J connectivity index is -0.000000000556. The fourth-order valence-corrected chi connectivity index (χ4v) is 0. The Kier molecular flexibility index (Phi) is 8120. The molecule has 0 aromatic heterocycles. The molecule has 94 valence electrons. The van der Waals surface area contributed by atoms with Gasteiger partial charge in [0.1, 0.15) is 0 Å². The van der Waals surface area contributed by atoms with Gasteiger partial charge in [-0.1, -0.05) is 0 Å². The van der Waals surface area contributed by atoms with Gasteiger partial charge in [-0.25, -0.2) is 0 Å². The fraction of sp³-hybridized carbons (Fsp3) is 1.00. The third kappa shape index (κ3) is 1640. The first kappa shape index (κ1) is 228. The van der Waals surface area contributed by atoms with E-state index in [4.69, 9.17) is 5.11 Å². The number of hydrogen-bond acceptors (Lipinski definition) is 1. The van der Waals surface area contributed by atoms with E-state index in [2.05, 4.69) is 0 Å². The molecule has 0 rings (SSSR count). The average Bonchev–Trinajstić information content (AvgIpc) is 0.918. The molecule has 0 saturated carbocycles. The second kappa shape index (κ2) is 427. The van der Waals surface area contributed by atoms with Crippen LogP contribution in [0.25, 0.3) is 0 Å². The van der Waals surface area contributed by atoms with Gasteiger partial charge in [0.15, 0.2) is 0 Å². The maximum atomic E-state index is 7.57. The Labute approximate surface area is 93.1 Å². The van der Waals surface area contributed by atoms with Gasteiger partial charge in [-0.3, -0.25) is 0 Å². The fourth-order valence-electron chi connectivity index (χ4n) is 0. The molecule has 0 saturated heterocycles. The molecule has 0 bridgehead atoms. The predicted molar refractivity (Wildman–Crippen MR) is 48.9 cm³/mol. The van der Waals surface area contributed by atoms with Crippen LogP contribution >= 0.6 is 24.8 Å². The van der Waals surface area contributed by atoms with E-state index in [1.54, 1.807) is 6.92 Å². The molecular weight excluding hydrogens is 266 g/mol. The normalized spacial score (nSPS) is 1.50. The Morgan fingerprint density at radius 2 is 0.750 bits per heavy atom. The minimum absolute atomic E-state index is 0. The maximum absolute atomic E-state index is 7.57. The molecule has 0 unspecified atom stereocenters. The molecule has 0 radical (unpaired) electrons. The molecule has 7 nitrogen and oxygen atoms in total. The third-order valence-electron chi connectivity index (χ3n) is 0. The Morgan fingerprint density at radius 1 is 0.750 bits per heavy atom. The summed E-state index contributed by atoms with van der Waals surface area (Å²) in [6.45, 7) is 1.93.